The van der Waals surface area contributed by atoms with E-state index in [0.29, 0.717) is 24.4 Å². The first-order chi connectivity index (χ1) is 9.04. The third-order valence-corrected chi connectivity index (χ3v) is 4.54. The summed E-state index contributed by atoms with van der Waals surface area (Å²) in [6.07, 6.45) is 3.04. The highest BCUT2D eigenvalue weighted by Gasteiger charge is 2.45. The fourth-order valence-electron chi connectivity index (χ4n) is 3.19. The van der Waals surface area contributed by atoms with E-state index in [9.17, 15) is 9.59 Å². The summed E-state index contributed by atoms with van der Waals surface area (Å²) in [5.74, 6) is -0.701. The van der Waals surface area contributed by atoms with Crippen LogP contribution in [0, 0.1) is 0 Å². The fraction of sp³-hybridized carbons (Fsp3) is 0.714. The lowest BCUT2D eigenvalue weighted by atomic mass is 9.89. The highest BCUT2D eigenvalue weighted by molar-refractivity contribution is 6.18. The van der Waals surface area contributed by atoms with Crippen molar-refractivity contribution in [2.75, 3.05) is 13.2 Å². The fourth-order valence-corrected chi connectivity index (χ4v) is 3.19. The molecule has 19 heavy (non-hydrogen) atoms. The van der Waals surface area contributed by atoms with Gasteiger partial charge in [-0.25, -0.2) is 0 Å². The Balaban J connectivity index is 1.70. The van der Waals surface area contributed by atoms with Gasteiger partial charge >= 0.3 is 0 Å². The number of ether oxygens (including phenoxy) is 2. The van der Waals surface area contributed by atoms with Crippen molar-refractivity contribution >= 4 is 11.8 Å². The van der Waals surface area contributed by atoms with E-state index < -0.39 is 5.79 Å². The van der Waals surface area contributed by atoms with Crippen LogP contribution in [0.25, 0.3) is 0 Å². The Bertz CT molecular complexity index is 428. The van der Waals surface area contributed by atoms with Crippen molar-refractivity contribution in [3.05, 3.63) is 11.1 Å². The third kappa shape index (κ3) is 1.92. The predicted octanol–water partition coefficient (Wildman–Crippen LogP) is 1.38. The van der Waals surface area contributed by atoms with Gasteiger partial charge in [0.1, 0.15) is 0 Å². The van der Waals surface area contributed by atoms with Crippen LogP contribution in [-0.4, -0.2) is 41.8 Å². The maximum Gasteiger partial charge on any atom is 0.257 e. The lowest BCUT2D eigenvalue weighted by Crippen LogP contribution is -2.47. The number of imide groups is 1. The smallest absolute Gasteiger partial charge is 0.257 e. The van der Waals surface area contributed by atoms with Crippen LogP contribution in [-0.2, 0) is 19.1 Å². The molecule has 2 heterocycles. The van der Waals surface area contributed by atoms with Gasteiger partial charge < -0.3 is 9.47 Å². The molecule has 1 aliphatic carbocycles. The molecule has 0 aromatic carbocycles. The van der Waals surface area contributed by atoms with Gasteiger partial charge in [-0.05, 0) is 26.7 Å². The number of amides is 2. The van der Waals surface area contributed by atoms with Crippen LogP contribution in [0.5, 0.6) is 0 Å². The topological polar surface area (TPSA) is 55.8 Å². The standard InChI is InChI=1S/C14H19NO4/c1-9-10(2)13(17)15(12(9)16)11-3-5-14(6-4-11)18-7-8-19-14/h11H,3-8H2,1-2H3. The van der Waals surface area contributed by atoms with E-state index in [2.05, 4.69) is 0 Å². The molecule has 0 atom stereocenters. The van der Waals surface area contributed by atoms with Crippen LogP contribution in [0.3, 0.4) is 0 Å². The van der Waals surface area contributed by atoms with Gasteiger partial charge in [0.2, 0.25) is 0 Å². The molecular weight excluding hydrogens is 246 g/mol. The van der Waals surface area contributed by atoms with E-state index in [4.69, 9.17) is 9.47 Å². The summed E-state index contributed by atoms with van der Waals surface area (Å²) in [6, 6.07) is -0.00850. The second-order valence-electron chi connectivity index (χ2n) is 5.57. The third-order valence-electron chi connectivity index (χ3n) is 4.54. The molecule has 1 spiro atoms. The Morgan fingerprint density at radius 3 is 1.95 bits per heavy atom. The average Bonchev–Trinajstić information content (AvgIpc) is 2.94. The van der Waals surface area contributed by atoms with E-state index in [1.54, 1.807) is 13.8 Å². The van der Waals surface area contributed by atoms with Crippen molar-refractivity contribution in [1.29, 1.82) is 0 Å². The summed E-state index contributed by atoms with van der Waals surface area (Å²) < 4.78 is 11.3. The Labute approximate surface area is 112 Å². The molecular formula is C14H19NO4. The van der Waals surface area contributed by atoms with Crippen LogP contribution in [0.2, 0.25) is 0 Å². The number of carbonyl (C=O) groups excluding carboxylic acids is 2. The molecule has 3 rings (SSSR count). The van der Waals surface area contributed by atoms with Crippen molar-refractivity contribution in [2.45, 2.75) is 51.4 Å². The highest BCUT2D eigenvalue weighted by atomic mass is 16.7. The summed E-state index contributed by atoms with van der Waals surface area (Å²) in [7, 11) is 0. The minimum atomic E-state index is -0.445. The molecule has 1 saturated heterocycles. The molecule has 104 valence electrons. The lowest BCUT2D eigenvalue weighted by molar-refractivity contribution is -0.185. The second kappa shape index (κ2) is 4.42. The molecule has 3 aliphatic rings. The van der Waals surface area contributed by atoms with E-state index in [-0.39, 0.29) is 17.9 Å². The zero-order valence-corrected chi connectivity index (χ0v) is 11.4. The van der Waals surface area contributed by atoms with Gasteiger partial charge in [0.25, 0.3) is 11.8 Å². The van der Waals surface area contributed by atoms with Crippen molar-refractivity contribution in [3.63, 3.8) is 0 Å². The molecule has 5 heteroatoms. The summed E-state index contributed by atoms with van der Waals surface area (Å²) in [5.41, 5.74) is 1.16. The monoisotopic (exact) mass is 265 g/mol. The van der Waals surface area contributed by atoms with Crippen LogP contribution in [0.4, 0.5) is 0 Å². The minimum absolute atomic E-state index is 0.00850. The maximum atomic E-state index is 12.1. The predicted molar refractivity (Wildman–Crippen MR) is 67.1 cm³/mol. The largest absolute Gasteiger partial charge is 0.348 e. The molecule has 0 aromatic heterocycles. The van der Waals surface area contributed by atoms with Crippen molar-refractivity contribution in [1.82, 2.24) is 4.90 Å². The Hall–Kier alpha value is -1.20. The molecule has 0 aromatic rings. The quantitative estimate of drug-likeness (QED) is 0.672. The first-order valence-corrected chi connectivity index (χ1v) is 6.87. The summed E-state index contributed by atoms with van der Waals surface area (Å²) in [5, 5.41) is 0. The van der Waals surface area contributed by atoms with Gasteiger partial charge in [0.15, 0.2) is 5.79 Å². The molecule has 2 amide bonds. The van der Waals surface area contributed by atoms with Crippen LogP contribution < -0.4 is 0 Å². The summed E-state index contributed by atoms with van der Waals surface area (Å²) >= 11 is 0. The normalized spacial score (nSPS) is 28.0. The Morgan fingerprint density at radius 2 is 1.47 bits per heavy atom. The SMILES string of the molecule is CC1=C(C)C(=O)N(C2CCC3(CC2)OCCO3)C1=O. The second-order valence-corrected chi connectivity index (χ2v) is 5.57. The van der Waals surface area contributed by atoms with E-state index in [0.717, 1.165) is 25.7 Å². The van der Waals surface area contributed by atoms with E-state index in [1.807, 2.05) is 0 Å². The Morgan fingerprint density at radius 1 is 1.00 bits per heavy atom. The molecule has 2 fully saturated rings. The molecule has 0 unspecified atom stereocenters. The van der Waals surface area contributed by atoms with Gasteiger partial charge in [-0.3, -0.25) is 14.5 Å². The van der Waals surface area contributed by atoms with Gasteiger partial charge in [-0.1, -0.05) is 0 Å². The van der Waals surface area contributed by atoms with Crippen LogP contribution >= 0.6 is 0 Å². The van der Waals surface area contributed by atoms with E-state index >= 15 is 0 Å². The zero-order valence-electron chi connectivity index (χ0n) is 11.4. The van der Waals surface area contributed by atoms with Crippen molar-refractivity contribution < 1.29 is 19.1 Å². The number of rotatable bonds is 1. The zero-order chi connectivity index (χ0) is 13.6. The average molecular weight is 265 g/mol. The first-order valence-electron chi connectivity index (χ1n) is 6.87. The van der Waals surface area contributed by atoms with Crippen LogP contribution in [0.15, 0.2) is 11.1 Å². The highest BCUT2D eigenvalue weighted by Crippen LogP contribution is 2.38. The molecule has 2 aliphatic heterocycles. The van der Waals surface area contributed by atoms with E-state index in [1.165, 1.54) is 4.90 Å². The van der Waals surface area contributed by atoms with Gasteiger partial charge in [-0.15, -0.1) is 0 Å². The number of carbonyl (C=O) groups is 2. The minimum Gasteiger partial charge on any atom is -0.348 e. The van der Waals surface area contributed by atoms with Crippen molar-refractivity contribution in [3.8, 4) is 0 Å². The van der Waals surface area contributed by atoms with Gasteiger partial charge in [0.05, 0.1) is 13.2 Å². The first kappa shape index (κ1) is 12.8. The number of nitrogens with zero attached hydrogens (tertiary/aromatic N) is 1. The molecule has 0 bridgehead atoms. The van der Waals surface area contributed by atoms with Crippen LogP contribution in [0.1, 0.15) is 39.5 Å². The molecule has 0 radical (unpaired) electrons. The molecule has 0 N–H and O–H groups in total. The van der Waals surface area contributed by atoms with Gasteiger partial charge in [0, 0.05) is 30.0 Å². The number of hydrogen-bond acceptors (Lipinski definition) is 4. The number of hydrogen-bond donors (Lipinski definition) is 0. The molecule has 5 nitrogen and oxygen atoms in total. The summed E-state index contributed by atoms with van der Waals surface area (Å²) in [4.78, 5) is 25.7. The van der Waals surface area contributed by atoms with Gasteiger partial charge in [-0.2, -0.15) is 0 Å². The Kier molecular flexibility index (Phi) is 2.98. The molecule has 1 saturated carbocycles. The summed E-state index contributed by atoms with van der Waals surface area (Å²) in [6.45, 7) is 4.74. The lowest BCUT2D eigenvalue weighted by Gasteiger charge is -2.38. The maximum absolute atomic E-state index is 12.1. The van der Waals surface area contributed by atoms with Crippen molar-refractivity contribution in [2.24, 2.45) is 0 Å².